The van der Waals surface area contributed by atoms with E-state index in [1.165, 1.54) is 0 Å². The molecule has 1 aliphatic rings. The molecule has 1 fully saturated rings. The predicted molar refractivity (Wildman–Crippen MR) is 68.2 cm³/mol. The van der Waals surface area contributed by atoms with Crippen molar-refractivity contribution in [3.63, 3.8) is 0 Å². The largest absolute Gasteiger partial charge is 0.481 e. The summed E-state index contributed by atoms with van der Waals surface area (Å²) in [5.74, 6) is -1.58. The maximum atomic E-state index is 12.3. The fourth-order valence-electron chi connectivity index (χ4n) is 2.24. The lowest BCUT2D eigenvalue weighted by atomic mass is 10.1. The van der Waals surface area contributed by atoms with E-state index in [1.807, 2.05) is 20.8 Å². The molecule has 1 aliphatic heterocycles. The summed E-state index contributed by atoms with van der Waals surface area (Å²) in [7, 11) is 0. The summed E-state index contributed by atoms with van der Waals surface area (Å²) < 4.78 is 0. The van der Waals surface area contributed by atoms with Crippen LogP contribution in [0, 0.1) is 5.92 Å². The molecule has 0 aliphatic carbocycles. The van der Waals surface area contributed by atoms with Gasteiger partial charge in [-0.15, -0.1) is 0 Å². The Morgan fingerprint density at radius 2 is 2.06 bits per heavy atom. The average Bonchev–Trinajstić information content (AvgIpc) is 2.67. The van der Waals surface area contributed by atoms with Crippen LogP contribution in [0.4, 0.5) is 4.79 Å². The number of carbonyl (C=O) groups excluding carboxylic acids is 1. The van der Waals surface area contributed by atoms with Gasteiger partial charge in [-0.05, 0) is 20.3 Å². The SMILES string of the molecule is CCCN(C(=O)N1C[C@@H](N)[C@@H](C(=O)O)C1)C(C)C. The smallest absolute Gasteiger partial charge is 0.320 e. The van der Waals surface area contributed by atoms with Crippen LogP contribution < -0.4 is 5.73 Å². The Morgan fingerprint density at radius 3 is 2.44 bits per heavy atom. The van der Waals surface area contributed by atoms with Crippen LogP contribution in [0.5, 0.6) is 0 Å². The van der Waals surface area contributed by atoms with Crippen LogP contribution in [0.3, 0.4) is 0 Å². The van der Waals surface area contributed by atoms with Gasteiger partial charge in [0.05, 0.1) is 5.92 Å². The second-order valence-corrected chi connectivity index (χ2v) is 5.08. The molecule has 3 N–H and O–H groups in total. The number of carbonyl (C=O) groups is 2. The Labute approximate surface area is 108 Å². The monoisotopic (exact) mass is 257 g/mol. The van der Waals surface area contributed by atoms with Crippen LogP contribution in [0.25, 0.3) is 0 Å². The summed E-state index contributed by atoms with van der Waals surface area (Å²) in [5.41, 5.74) is 5.77. The minimum Gasteiger partial charge on any atom is -0.481 e. The van der Waals surface area contributed by atoms with Gasteiger partial charge in [0.25, 0.3) is 0 Å². The van der Waals surface area contributed by atoms with Crippen LogP contribution in [-0.2, 0) is 4.79 Å². The van der Waals surface area contributed by atoms with Gasteiger partial charge in [0.1, 0.15) is 0 Å². The van der Waals surface area contributed by atoms with Crippen molar-refractivity contribution in [1.29, 1.82) is 0 Å². The molecule has 1 rings (SSSR count). The van der Waals surface area contributed by atoms with Crippen molar-refractivity contribution in [3.8, 4) is 0 Å². The van der Waals surface area contributed by atoms with Crippen LogP contribution in [0.15, 0.2) is 0 Å². The molecular formula is C12H23N3O3. The predicted octanol–water partition coefficient (Wildman–Crippen LogP) is 0.571. The van der Waals surface area contributed by atoms with E-state index >= 15 is 0 Å². The van der Waals surface area contributed by atoms with Crippen molar-refractivity contribution >= 4 is 12.0 Å². The summed E-state index contributed by atoms with van der Waals surface area (Å²) in [4.78, 5) is 26.6. The van der Waals surface area contributed by atoms with Gasteiger partial charge in [0, 0.05) is 31.7 Å². The number of nitrogens with zero attached hydrogens (tertiary/aromatic N) is 2. The Morgan fingerprint density at radius 1 is 1.44 bits per heavy atom. The molecule has 0 aromatic carbocycles. The van der Waals surface area contributed by atoms with Gasteiger partial charge >= 0.3 is 12.0 Å². The highest BCUT2D eigenvalue weighted by Crippen LogP contribution is 2.18. The van der Waals surface area contributed by atoms with Crippen molar-refractivity contribution in [2.75, 3.05) is 19.6 Å². The van der Waals surface area contributed by atoms with Crippen LogP contribution in [0.2, 0.25) is 0 Å². The van der Waals surface area contributed by atoms with E-state index in [-0.39, 0.29) is 18.6 Å². The average molecular weight is 257 g/mol. The second kappa shape index (κ2) is 6.04. The number of aliphatic carboxylic acids is 1. The number of carboxylic acids is 1. The molecule has 1 saturated heterocycles. The number of nitrogens with two attached hydrogens (primary N) is 1. The molecule has 0 aromatic heterocycles. The zero-order valence-corrected chi connectivity index (χ0v) is 11.3. The van der Waals surface area contributed by atoms with Crippen molar-refractivity contribution < 1.29 is 14.7 Å². The minimum atomic E-state index is -0.926. The molecule has 6 heteroatoms. The first kappa shape index (κ1) is 14.8. The molecule has 1 heterocycles. The van der Waals surface area contributed by atoms with Crippen molar-refractivity contribution in [2.24, 2.45) is 11.7 Å². The number of likely N-dealkylation sites (tertiary alicyclic amines) is 1. The van der Waals surface area contributed by atoms with Crippen molar-refractivity contribution in [1.82, 2.24) is 9.80 Å². The van der Waals surface area contributed by atoms with Gasteiger partial charge in [0.2, 0.25) is 0 Å². The summed E-state index contributed by atoms with van der Waals surface area (Å²) in [5, 5.41) is 9.00. The molecule has 0 aromatic rings. The number of hydrogen-bond donors (Lipinski definition) is 2. The fraction of sp³-hybridized carbons (Fsp3) is 0.833. The molecule has 0 radical (unpaired) electrons. The van der Waals surface area contributed by atoms with Crippen LogP contribution >= 0.6 is 0 Å². The molecule has 0 unspecified atom stereocenters. The quantitative estimate of drug-likeness (QED) is 0.771. The molecule has 2 amide bonds. The van der Waals surface area contributed by atoms with E-state index in [2.05, 4.69) is 0 Å². The highest BCUT2D eigenvalue weighted by Gasteiger charge is 2.39. The number of urea groups is 1. The van der Waals surface area contributed by atoms with Crippen LogP contribution in [-0.4, -0.2) is 58.6 Å². The minimum absolute atomic E-state index is 0.106. The van der Waals surface area contributed by atoms with Gasteiger partial charge in [-0.3, -0.25) is 4.79 Å². The molecule has 0 saturated carbocycles. The Kier molecular flexibility index (Phi) is 4.95. The van der Waals surface area contributed by atoms with E-state index in [4.69, 9.17) is 10.8 Å². The highest BCUT2D eigenvalue weighted by atomic mass is 16.4. The lowest BCUT2D eigenvalue weighted by Gasteiger charge is -2.31. The number of hydrogen-bond acceptors (Lipinski definition) is 3. The maximum absolute atomic E-state index is 12.3. The normalized spacial score (nSPS) is 23.5. The van der Waals surface area contributed by atoms with Crippen molar-refractivity contribution in [2.45, 2.75) is 39.3 Å². The highest BCUT2D eigenvalue weighted by molar-refractivity contribution is 5.78. The summed E-state index contributed by atoms with van der Waals surface area (Å²) >= 11 is 0. The number of carboxylic acid groups (broad SMARTS) is 1. The third kappa shape index (κ3) is 3.13. The first-order valence-corrected chi connectivity index (χ1v) is 6.42. The lowest BCUT2D eigenvalue weighted by molar-refractivity contribution is -0.141. The van der Waals surface area contributed by atoms with E-state index in [9.17, 15) is 9.59 Å². The van der Waals surface area contributed by atoms with E-state index in [0.717, 1.165) is 6.42 Å². The number of amides is 2. The molecular weight excluding hydrogens is 234 g/mol. The van der Waals surface area contributed by atoms with Gasteiger partial charge in [-0.1, -0.05) is 6.92 Å². The zero-order chi connectivity index (χ0) is 13.9. The van der Waals surface area contributed by atoms with Gasteiger partial charge in [0.15, 0.2) is 0 Å². The Balaban J connectivity index is 2.70. The summed E-state index contributed by atoms with van der Waals surface area (Å²) in [6.45, 7) is 7.14. The first-order chi connectivity index (χ1) is 8.38. The summed E-state index contributed by atoms with van der Waals surface area (Å²) in [6, 6.07) is -0.467. The Bertz CT molecular complexity index is 320. The van der Waals surface area contributed by atoms with E-state index in [0.29, 0.717) is 13.1 Å². The second-order valence-electron chi connectivity index (χ2n) is 5.08. The topological polar surface area (TPSA) is 86.9 Å². The van der Waals surface area contributed by atoms with Gasteiger partial charge in [-0.25, -0.2) is 4.79 Å². The zero-order valence-electron chi connectivity index (χ0n) is 11.3. The third-order valence-electron chi connectivity index (χ3n) is 3.29. The Hall–Kier alpha value is -1.30. The molecule has 0 spiro atoms. The summed E-state index contributed by atoms with van der Waals surface area (Å²) in [6.07, 6.45) is 0.881. The maximum Gasteiger partial charge on any atom is 0.320 e. The molecule has 2 atom stereocenters. The molecule has 6 nitrogen and oxygen atoms in total. The molecule has 104 valence electrons. The fourth-order valence-corrected chi connectivity index (χ4v) is 2.24. The van der Waals surface area contributed by atoms with E-state index in [1.54, 1.807) is 9.80 Å². The standard InChI is InChI=1S/C12H23N3O3/c1-4-5-15(8(2)3)12(18)14-6-9(11(16)17)10(13)7-14/h8-10H,4-7,13H2,1-3H3,(H,16,17)/t9-,10+/m0/s1. The van der Waals surface area contributed by atoms with Gasteiger partial charge in [-0.2, -0.15) is 0 Å². The van der Waals surface area contributed by atoms with Crippen LogP contribution in [0.1, 0.15) is 27.2 Å². The first-order valence-electron chi connectivity index (χ1n) is 6.42. The lowest BCUT2D eigenvalue weighted by Crippen LogP contribution is -2.46. The van der Waals surface area contributed by atoms with E-state index < -0.39 is 17.9 Å². The number of rotatable bonds is 4. The third-order valence-corrected chi connectivity index (χ3v) is 3.29. The van der Waals surface area contributed by atoms with Gasteiger partial charge < -0.3 is 20.6 Å². The molecule has 18 heavy (non-hydrogen) atoms. The molecule has 0 bridgehead atoms. The van der Waals surface area contributed by atoms with Crippen molar-refractivity contribution in [3.05, 3.63) is 0 Å².